The lowest BCUT2D eigenvalue weighted by molar-refractivity contribution is -0.393. The second kappa shape index (κ2) is 6.48. The number of rotatable bonds is 7. The van der Waals surface area contributed by atoms with Gasteiger partial charge in [0.05, 0.1) is 21.5 Å². The fourth-order valence-electron chi connectivity index (χ4n) is 1.89. The SMILES string of the molecule is Cc1nonc1OCC(C)(C)Nc1ccc([N+](=O)[O-])cc1[N+](=O)[O-]. The first-order valence-electron chi connectivity index (χ1n) is 6.82. The Bertz CT molecular complexity index is 772. The highest BCUT2D eigenvalue weighted by Gasteiger charge is 2.26. The number of ether oxygens (including phenoxy) is 1. The molecule has 0 aliphatic heterocycles. The third-order valence-electron chi connectivity index (χ3n) is 3.04. The van der Waals surface area contributed by atoms with Crippen LogP contribution in [0.3, 0.4) is 0 Å². The van der Waals surface area contributed by atoms with Gasteiger partial charge in [0.1, 0.15) is 18.0 Å². The van der Waals surface area contributed by atoms with Crippen LogP contribution in [0.15, 0.2) is 22.8 Å². The van der Waals surface area contributed by atoms with Gasteiger partial charge in [-0.05, 0) is 32.0 Å². The molecular formula is C13H15N5O6. The Kier molecular flexibility index (Phi) is 4.62. The number of nitrogens with zero attached hydrogens (tertiary/aromatic N) is 4. The Balaban J connectivity index is 2.17. The maximum absolute atomic E-state index is 11.2. The fourth-order valence-corrected chi connectivity index (χ4v) is 1.89. The van der Waals surface area contributed by atoms with Crippen LogP contribution in [0.25, 0.3) is 0 Å². The second-order valence-corrected chi connectivity index (χ2v) is 5.67. The molecule has 128 valence electrons. The zero-order chi connectivity index (χ0) is 17.9. The first kappa shape index (κ1) is 17.1. The van der Waals surface area contributed by atoms with E-state index in [0.29, 0.717) is 5.69 Å². The van der Waals surface area contributed by atoms with E-state index in [4.69, 9.17) is 4.74 Å². The maximum atomic E-state index is 11.2. The minimum absolute atomic E-state index is 0.107. The Morgan fingerprint density at radius 3 is 2.50 bits per heavy atom. The van der Waals surface area contributed by atoms with Gasteiger partial charge in [-0.2, -0.15) is 0 Å². The van der Waals surface area contributed by atoms with E-state index in [2.05, 4.69) is 20.3 Å². The first-order chi connectivity index (χ1) is 11.2. The number of nitro groups is 2. The van der Waals surface area contributed by atoms with E-state index < -0.39 is 21.1 Å². The molecule has 0 amide bonds. The summed E-state index contributed by atoms with van der Waals surface area (Å²) < 4.78 is 9.98. The third kappa shape index (κ3) is 3.94. The number of hydrogen-bond acceptors (Lipinski definition) is 9. The number of benzene rings is 1. The normalized spacial score (nSPS) is 11.1. The smallest absolute Gasteiger partial charge is 0.299 e. The van der Waals surface area contributed by atoms with Crippen molar-refractivity contribution in [2.45, 2.75) is 26.3 Å². The van der Waals surface area contributed by atoms with Gasteiger partial charge in [0.2, 0.25) is 0 Å². The Hall–Kier alpha value is -3.24. The van der Waals surface area contributed by atoms with Crippen LogP contribution in [0.4, 0.5) is 17.1 Å². The van der Waals surface area contributed by atoms with Crippen molar-refractivity contribution in [3.8, 4) is 5.88 Å². The third-order valence-corrected chi connectivity index (χ3v) is 3.04. The standard InChI is InChI=1S/C13H15N5O6/c1-8-12(16-24-15-8)23-7-13(2,3)14-10-5-4-9(17(19)20)6-11(10)18(21)22/h4-6,14H,7H2,1-3H3. The molecule has 2 aromatic rings. The van der Waals surface area contributed by atoms with Crippen LogP contribution in [0, 0.1) is 27.2 Å². The van der Waals surface area contributed by atoms with Crippen LogP contribution in [0.5, 0.6) is 5.88 Å². The quantitative estimate of drug-likeness (QED) is 0.594. The maximum Gasteiger partial charge on any atom is 0.299 e. The molecule has 1 aromatic carbocycles. The van der Waals surface area contributed by atoms with Crippen molar-refractivity contribution in [2.24, 2.45) is 0 Å². The Morgan fingerprint density at radius 2 is 1.96 bits per heavy atom. The van der Waals surface area contributed by atoms with Crippen LogP contribution >= 0.6 is 0 Å². The lowest BCUT2D eigenvalue weighted by Crippen LogP contribution is -2.38. The molecule has 2 rings (SSSR count). The molecule has 0 saturated carbocycles. The molecule has 0 aliphatic carbocycles. The van der Waals surface area contributed by atoms with Crippen LogP contribution in [-0.2, 0) is 0 Å². The molecule has 0 radical (unpaired) electrons. The van der Waals surface area contributed by atoms with Crippen molar-refractivity contribution in [3.05, 3.63) is 44.1 Å². The molecule has 1 aromatic heterocycles. The number of nitrogens with one attached hydrogen (secondary N) is 1. The summed E-state index contributed by atoms with van der Waals surface area (Å²) >= 11 is 0. The molecule has 24 heavy (non-hydrogen) atoms. The minimum Gasteiger partial charge on any atom is -0.472 e. The monoisotopic (exact) mass is 337 g/mol. The molecule has 0 spiro atoms. The lowest BCUT2D eigenvalue weighted by atomic mass is 10.1. The molecule has 0 atom stereocenters. The topological polar surface area (TPSA) is 146 Å². The summed E-state index contributed by atoms with van der Waals surface area (Å²) in [7, 11) is 0. The van der Waals surface area contributed by atoms with Gasteiger partial charge in [0.15, 0.2) is 0 Å². The van der Waals surface area contributed by atoms with Crippen molar-refractivity contribution in [1.29, 1.82) is 0 Å². The molecule has 0 fully saturated rings. The summed E-state index contributed by atoms with van der Waals surface area (Å²) in [6, 6.07) is 3.39. The summed E-state index contributed by atoms with van der Waals surface area (Å²) in [5.74, 6) is 0.225. The van der Waals surface area contributed by atoms with E-state index in [1.807, 2.05) is 0 Å². The van der Waals surface area contributed by atoms with E-state index in [9.17, 15) is 20.2 Å². The molecule has 0 aliphatic rings. The number of aromatic nitrogens is 2. The molecule has 1 heterocycles. The fraction of sp³-hybridized carbons (Fsp3) is 0.385. The molecule has 11 nitrogen and oxygen atoms in total. The summed E-state index contributed by atoms with van der Waals surface area (Å²) in [4.78, 5) is 20.5. The summed E-state index contributed by atoms with van der Waals surface area (Å²) in [5.41, 5.74) is -0.852. The van der Waals surface area contributed by atoms with Gasteiger partial charge in [-0.1, -0.05) is 5.16 Å². The van der Waals surface area contributed by atoms with Gasteiger partial charge < -0.3 is 10.1 Å². The number of aryl methyl sites for hydroxylation is 1. The summed E-state index contributed by atoms with van der Waals surface area (Å²) in [6.45, 7) is 5.27. The van der Waals surface area contributed by atoms with Gasteiger partial charge >= 0.3 is 0 Å². The van der Waals surface area contributed by atoms with E-state index in [1.54, 1.807) is 20.8 Å². The van der Waals surface area contributed by atoms with Gasteiger partial charge in [-0.15, -0.1) is 0 Å². The summed E-state index contributed by atoms with van der Waals surface area (Å²) in [5, 5.41) is 32.0. The molecule has 0 saturated heterocycles. The molecule has 0 unspecified atom stereocenters. The van der Waals surface area contributed by atoms with Gasteiger partial charge in [-0.3, -0.25) is 20.2 Å². The Morgan fingerprint density at radius 1 is 1.25 bits per heavy atom. The van der Waals surface area contributed by atoms with Crippen LogP contribution < -0.4 is 10.1 Å². The number of non-ortho nitro benzene ring substituents is 1. The highest BCUT2D eigenvalue weighted by molar-refractivity contribution is 5.66. The van der Waals surface area contributed by atoms with Crippen LogP contribution in [-0.4, -0.2) is 32.3 Å². The highest BCUT2D eigenvalue weighted by Crippen LogP contribution is 2.31. The molecule has 0 bridgehead atoms. The predicted molar refractivity (Wildman–Crippen MR) is 82.0 cm³/mol. The van der Waals surface area contributed by atoms with Gasteiger partial charge in [0, 0.05) is 6.07 Å². The van der Waals surface area contributed by atoms with Crippen molar-refractivity contribution in [3.63, 3.8) is 0 Å². The zero-order valence-electron chi connectivity index (χ0n) is 13.2. The average molecular weight is 337 g/mol. The van der Waals surface area contributed by atoms with Gasteiger partial charge in [-0.25, -0.2) is 4.63 Å². The second-order valence-electron chi connectivity index (χ2n) is 5.67. The number of hydrogen-bond donors (Lipinski definition) is 1. The van der Waals surface area contributed by atoms with E-state index in [0.717, 1.165) is 6.07 Å². The van der Waals surface area contributed by atoms with Crippen molar-refractivity contribution < 1.29 is 19.2 Å². The lowest BCUT2D eigenvalue weighted by Gasteiger charge is -2.26. The summed E-state index contributed by atoms with van der Waals surface area (Å²) in [6.07, 6.45) is 0. The number of nitro benzene ring substituents is 2. The van der Waals surface area contributed by atoms with Crippen molar-refractivity contribution in [2.75, 3.05) is 11.9 Å². The first-order valence-corrected chi connectivity index (χ1v) is 6.82. The van der Waals surface area contributed by atoms with Crippen LogP contribution in [0.1, 0.15) is 19.5 Å². The zero-order valence-corrected chi connectivity index (χ0v) is 13.2. The average Bonchev–Trinajstić information content (AvgIpc) is 2.90. The van der Waals surface area contributed by atoms with Gasteiger partial charge in [0.25, 0.3) is 17.3 Å². The largest absolute Gasteiger partial charge is 0.472 e. The van der Waals surface area contributed by atoms with Crippen molar-refractivity contribution >= 4 is 17.1 Å². The van der Waals surface area contributed by atoms with E-state index in [-0.39, 0.29) is 23.9 Å². The molecule has 1 N–H and O–H groups in total. The highest BCUT2D eigenvalue weighted by atomic mass is 16.6. The van der Waals surface area contributed by atoms with E-state index in [1.165, 1.54) is 12.1 Å². The van der Waals surface area contributed by atoms with Crippen LogP contribution in [0.2, 0.25) is 0 Å². The Labute approximate surface area is 135 Å². The predicted octanol–water partition coefficient (Wildman–Crippen LogP) is 2.46. The minimum atomic E-state index is -0.730. The van der Waals surface area contributed by atoms with Crippen molar-refractivity contribution in [1.82, 2.24) is 10.3 Å². The molecule has 11 heteroatoms. The molecular weight excluding hydrogens is 322 g/mol. The van der Waals surface area contributed by atoms with E-state index >= 15 is 0 Å². The number of anilines is 1.